The van der Waals surface area contributed by atoms with Crippen LogP contribution < -0.4 is 0 Å². The van der Waals surface area contributed by atoms with Crippen molar-refractivity contribution in [2.24, 2.45) is 7.05 Å². The summed E-state index contributed by atoms with van der Waals surface area (Å²) >= 11 is 1.16. The number of rotatable bonds is 3. The van der Waals surface area contributed by atoms with E-state index in [4.69, 9.17) is 9.52 Å². The normalized spacial score (nSPS) is 10.5. The average Bonchev–Trinajstić information content (AvgIpc) is 2.77. The minimum Gasteiger partial charge on any atom is -0.475 e. The Morgan fingerprint density at radius 1 is 1.60 bits per heavy atom. The molecule has 78 valence electrons. The lowest BCUT2D eigenvalue weighted by Crippen LogP contribution is -1.92. The molecule has 1 N–H and O–H groups in total. The highest BCUT2D eigenvalue weighted by molar-refractivity contribution is 7.99. The lowest BCUT2D eigenvalue weighted by Gasteiger charge is -1.93. The highest BCUT2D eigenvalue weighted by Gasteiger charge is 2.12. The first-order valence-corrected chi connectivity index (χ1v) is 4.72. The number of carboxylic acid groups (broad SMARTS) is 1. The Balaban J connectivity index is 2.18. The van der Waals surface area contributed by atoms with E-state index in [1.54, 1.807) is 13.1 Å². The molecule has 2 aromatic heterocycles. The molecule has 0 saturated carbocycles. The zero-order valence-electron chi connectivity index (χ0n) is 7.62. The number of furan rings is 1. The summed E-state index contributed by atoms with van der Waals surface area (Å²) in [4.78, 5) is 10.5. The second-order valence-electron chi connectivity index (χ2n) is 2.61. The Bertz CT molecular complexity index is 492. The summed E-state index contributed by atoms with van der Waals surface area (Å²) in [5.74, 6) is -1.20. The van der Waals surface area contributed by atoms with Crippen molar-refractivity contribution in [3.63, 3.8) is 0 Å². The lowest BCUT2D eigenvalue weighted by molar-refractivity contribution is 0.0656. The summed E-state index contributed by atoms with van der Waals surface area (Å²) in [7, 11) is 1.68. The molecule has 2 heterocycles. The van der Waals surface area contributed by atoms with Crippen LogP contribution in [-0.4, -0.2) is 31.3 Å². The van der Waals surface area contributed by atoms with Crippen LogP contribution in [-0.2, 0) is 7.05 Å². The zero-order chi connectivity index (χ0) is 10.8. The first-order chi connectivity index (χ1) is 7.16. The quantitative estimate of drug-likeness (QED) is 0.821. The average molecular weight is 226 g/mol. The van der Waals surface area contributed by atoms with Gasteiger partial charge < -0.3 is 9.52 Å². The van der Waals surface area contributed by atoms with Crippen molar-refractivity contribution >= 4 is 17.7 Å². The summed E-state index contributed by atoms with van der Waals surface area (Å²) in [6.45, 7) is 0. The van der Waals surface area contributed by atoms with Crippen LogP contribution in [0.5, 0.6) is 0 Å². The van der Waals surface area contributed by atoms with E-state index in [0.29, 0.717) is 10.2 Å². The minimum absolute atomic E-state index is 0.104. The van der Waals surface area contributed by atoms with Gasteiger partial charge in [-0.3, -0.25) is 0 Å². The van der Waals surface area contributed by atoms with Crippen LogP contribution in [0.1, 0.15) is 10.6 Å². The second-order valence-corrected chi connectivity index (χ2v) is 3.58. The highest BCUT2D eigenvalue weighted by Crippen LogP contribution is 2.26. The van der Waals surface area contributed by atoms with Crippen molar-refractivity contribution in [1.29, 1.82) is 0 Å². The second kappa shape index (κ2) is 3.73. The minimum atomic E-state index is -1.10. The number of aryl methyl sites for hydroxylation is 1. The summed E-state index contributed by atoms with van der Waals surface area (Å²) in [5.41, 5.74) is 0. The van der Waals surface area contributed by atoms with E-state index in [0.717, 1.165) is 11.8 Å². The van der Waals surface area contributed by atoms with Crippen LogP contribution in [0.15, 0.2) is 26.8 Å². The van der Waals surface area contributed by atoms with E-state index >= 15 is 0 Å². The molecule has 0 unspecified atom stereocenters. The van der Waals surface area contributed by atoms with Gasteiger partial charge in [0.2, 0.25) is 10.9 Å². The molecule has 2 rings (SSSR count). The van der Waals surface area contributed by atoms with Crippen LogP contribution in [0.3, 0.4) is 0 Å². The van der Waals surface area contributed by atoms with Gasteiger partial charge in [-0.2, -0.15) is 0 Å². The van der Waals surface area contributed by atoms with E-state index in [-0.39, 0.29) is 5.76 Å². The summed E-state index contributed by atoms with van der Waals surface area (Å²) < 4.78 is 6.49. The molecule has 0 aliphatic rings. The Kier molecular flexibility index (Phi) is 2.42. The van der Waals surface area contributed by atoms with Gasteiger partial charge in [-0.15, -0.1) is 5.10 Å². The highest BCUT2D eigenvalue weighted by atomic mass is 32.2. The van der Waals surface area contributed by atoms with E-state index in [1.165, 1.54) is 10.7 Å². The Hall–Kier alpha value is -1.83. The smallest absolute Gasteiger partial charge is 0.371 e. The summed E-state index contributed by atoms with van der Waals surface area (Å²) in [5, 5.41) is 20.4. The van der Waals surface area contributed by atoms with Gasteiger partial charge in [0.25, 0.3) is 0 Å². The molecule has 0 bridgehead atoms. The molecule has 0 saturated heterocycles. The van der Waals surface area contributed by atoms with Crippen LogP contribution in [0.4, 0.5) is 0 Å². The third-order valence-electron chi connectivity index (χ3n) is 1.57. The standard InChI is InChI=1S/C7H6N4O3S/c1-11-7(8-9-10-11)15-5-3-2-4(14-5)6(12)13/h2-3H,1H3,(H,12,13). The molecular weight excluding hydrogens is 220 g/mol. The van der Waals surface area contributed by atoms with Crippen molar-refractivity contribution < 1.29 is 14.3 Å². The van der Waals surface area contributed by atoms with E-state index in [2.05, 4.69) is 15.5 Å². The molecule has 0 radical (unpaired) electrons. The van der Waals surface area contributed by atoms with Gasteiger partial charge in [-0.1, -0.05) is 0 Å². The first-order valence-electron chi connectivity index (χ1n) is 3.90. The summed E-state index contributed by atoms with van der Waals surface area (Å²) in [6, 6.07) is 2.94. The van der Waals surface area contributed by atoms with E-state index in [1.807, 2.05) is 0 Å². The van der Waals surface area contributed by atoms with Crippen LogP contribution in [0.2, 0.25) is 0 Å². The van der Waals surface area contributed by atoms with Gasteiger partial charge in [-0.05, 0) is 34.3 Å². The van der Waals surface area contributed by atoms with Crippen molar-refractivity contribution in [2.75, 3.05) is 0 Å². The number of nitrogens with zero attached hydrogens (tertiary/aromatic N) is 4. The Labute approximate surface area is 88.1 Å². The number of hydrogen-bond donors (Lipinski definition) is 1. The molecule has 15 heavy (non-hydrogen) atoms. The monoisotopic (exact) mass is 226 g/mol. The molecule has 0 aliphatic heterocycles. The van der Waals surface area contributed by atoms with Gasteiger partial charge in [0, 0.05) is 7.05 Å². The third-order valence-corrected chi connectivity index (χ3v) is 2.51. The molecule has 0 atom stereocenters. The topological polar surface area (TPSA) is 94.0 Å². The zero-order valence-corrected chi connectivity index (χ0v) is 8.43. The molecule has 0 amide bonds. The molecule has 8 heteroatoms. The Morgan fingerprint density at radius 2 is 2.40 bits per heavy atom. The molecule has 0 aromatic carbocycles. The predicted molar refractivity (Wildman–Crippen MR) is 48.6 cm³/mol. The molecule has 7 nitrogen and oxygen atoms in total. The molecule has 0 aliphatic carbocycles. The number of carboxylic acids is 1. The van der Waals surface area contributed by atoms with E-state index in [9.17, 15) is 4.79 Å². The molecule has 0 fully saturated rings. The largest absolute Gasteiger partial charge is 0.475 e. The maximum Gasteiger partial charge on any atom is 0.371 e. The van der Waals surface area contributed by atoms with Crippen LogP contribution in [0.25, 0.3) is 0 Å². The van der Waals surface area contributed by atoms with Gasteiger partial charge in [0.15, 0.2) is 5.09 Å². The number of carbonyl (C=O) groups is 1. The van der Waals surface area contributed by atoms with Crippen molar-refractivity contribution in [2.45, 2.75) is 10.2 Å². The first kappa shape index (κ1) is 9.71. The number of hydrogen-bond acceptors (Lipinski definition) is 6. The van der Waals surface area contributed by atoms with E-state index < -0.39 is 5.97 Å². The van der Waals surface area contributed by atoms with Crippen molar-refractivity contribution in [1.82, 2.24) is 20.2 Å². The number of aromatic nitrogens is 4. The van der Waals surface area contributed by atoms with Gasteiger partial charge in [0.05, 0.1) is 0 Å². The fourth-order valence-corrected chi connectivity index (χ4v) is 1.58. The molecular formula is C7H6N4O3S. The fourth-order valence-electron chi connectivity index (χ4n) is 0.888. The molecule has 2 aromatic rings. The van der Waals surface area contributed by atoms with Crippen molar-refractivity contribution in [3.8, 4) is 0 Å². The number of aromatic carboxylic acids is 1. The third kappa shape index (κ3) is 1.99. The fraction of sp³-hybridized carbons (Fsp3) is 0.143. The lowest BCUT2D eigenvalue weighted by atomic mass is 10.5. The van der Waals surface area contributed by atoms with Gasteiger partial charge in [-0.25, -0.2) is 9.48 Å². The maximum absolute atomic E-state index is 10.5. The maximum atomic E-state index is 10.5. The molecule has 0 spiro atoms. The van der Waals surface area contributed by atoms with Gasteiger partial charge >= 0.3 is 5.97 Å². The SMILES string of the molecule is Cn1nnnc1Sc1ccc(C(=O)O)o1. The van der Waals surface area contributed by atoms with Crippen molar-refractivity contribution in [3.05, 3.63) is 17.9 Å². The predicted octanol–water partition coefficient (Wildman–Crippen LogP) is 0.652. The van der Waals surface area contributed by atoms with Gasteiger partial charge in [0.1, 0.15) is 0 Å². The van der Waals surface area contributed by atoms with Crippen LogP contribution in [0, 0.1) is 0 Å². The summed E-state index contributed by atoms with van der Waals surface area (Å²) in [6.07, 6.45) is 0. The Morgan fingerprint density at radius 3 is 2.93 bits per heavy atom. The van der Waals surface area contributed by atoms with Crippen LogP contribution >= 0.6 is 11.8 Å². The number of tetrazole rings is 1.